The van der Waals surface area contributed by atoms with E-state index in [9.17, 15) is 4.79 Å². The summed E-state index contributed by atoms with van der Waals surface area (Å²) in [6.07, 6.45) is 4.86. The Balaban J connectivity index is 2.72. The van der Waals surface area contributed by atoms with Crippen LogP contribution in [0.3, 0.4) is 0 Å². The van der Waals surface area contributed by atoms with E-state index in [-0.39, 0.29) is 5.92 Å². The molecule has 0 unspecified atom stereocenters. The molecule has 2 aromatic heterocycles. The monoisotopic (exact) mass is 382 g/mol. The molecule has 0 spiro atoms. The molecule has 2 aromatic rings. The third kappa shape index (κ3) is 4.32. The lowest BCUT2D eigenvalue weighted by Crippen LogP contribution is -2.34. The molecule has 0 atom stereocenters. The van der Waals surface area contributed by atoms with Crippen LogP contribution in [0.1, 0.15) is 40.3 Å². The second kappa shape index (κ2) is 8.00. The first-order valence-electron chi connectivity index (χ1n) is 9.28. The molecule has 6 heteroatoms. The Morgan fingerprint density at radius 3 is 2.43 bits per heavy atom. The highest BCUT2D eigenvalue weighted by molar-refractivity contribution is 5.95. The van der Waals surface area contributed by atoms with Crippen molar-refractivity contribution < 1.29 is 9.53 Å². The average Bonchev–Trinajstić information content (AvgIpc) is 2.97. The Morgan fingerprint density at radius 2 is 1.93 bits per heavy atom. The Kier molecular flexibility index (Phi) is 6.12. The van der Waals surface area contributed by atoms with E-state index in [4.69, 9.17) is 9.72 Å². The molecule has 0 N–H and O–H groups in total. The number of carbonyl (C=O) groups excluding carboxylic acids is 1. The summed E-state index contributed by atoms with van der Waals surface area (Å²) < 4.78 is 7.39. The van der Waals surface area contributed by atoms with Crippen LogP contribution in [0.4, 0.5) is 10.6 Å². The Morgan fingerprint density at radius 1 is 1.29 bits per heavy atom. The van der Waals surface area contributed by atoms with Crippen molar-refractivity contribution in [1.29, 1.82) is 0 Å². The molecule has 0 aliphatic carbocycles. The lowest BCUT2D eigenvalue weighted by molar-refractivity contribution is 0.0588. The van der Waals surface area contributed by atoms with E-state index in [0.29, 0.717) is 11.5 Å². The third-order valence-electron chi connectivity index (χ3n) is 4.32. The Hall–Kier alpha value is -2.89. The zero-order valence-electron chi connectivity index (χ0n) is 17.9. The molecule has 0 aliphatic rings. The maximum atomic E-state index is 12.6. The van der Waals surface area contributed by atoms with Crippen molar-refractivity contribution in [1.82, 2.24) is 14.5 Å². The van der Waals surface area contributed by atoms with Gasteiger partial charge < -0.3 is 9.30 Å². The summed E-state index contributed by atoms with van der Waals surface area (Å²) in [6, 6.07) is 1.83. The van der Waals surface area contributed by atoms with Crippen LogP contribution in [-0.4, -0.2) is 33.3 Å². The van der Waals surface area contributed by atoms with Crippen LogP contribution in [-0.2, 0) is 11.8 Å². The van der Waals surface area contributed by atoms with Gasteiger partial charge in [0, 0.05) is 25.7 Å². The van der Waals surface area contributed by atoms with Crippen LogP contribution in [0.2, 0.25) is 0 Å². The van der Waals surface area contributed by atoms with Crippen molar-refractivity contribution in [3.05, 3.63) is 49.0 Å². The molecule has 0 bridgehead atoms. The van der Waals surface area contributed by atoms with Crippen molar-refractivity contribution in [3.63, 3.8) is 0 Å². The fourth-order valence-corrected chi connectivity index (χ4v) is 2.91. The van der Waals surface area contributed by atoms with Crippen LogP contribution in [0, 0.1) is 5.92 Å². The zero-order valence-corrected chi connectivity index (χ0v) is 17.9. The van der Waals surface area contributed by atoms with Crippen molar-refractivity contribution >= 4 is 28.5 Å². The molecule has 0 fully saturated rings. The van der Waals surface area contributed by atoms with Gasteiger partial charge in [0.2, 0.25) is 0 Å². The highest BCUT2D eigenvalue weighted by atomic mass is 16.6. The largest absolute Gasteiger partial charge is 0.443 e. The lowest BCUT2D eigenvalue weighted by atomic mass is 9.94. The van der Waals surface area contributed by atoms with Crippen molar-refractivity contribution in [2.24, 2.45) is 13.0 Å². The van der Waals surface area contributed by atoms with Gasteiger partial charge in [-0.15, -0.1) is 0 Å². The van der Waals surface area contributed by atoms with E-state index in [1.807, 2.05) is 44.5 Å². The van der Waals surface area contributed by atoms with E-state index < -0.39 is 11.7 Å². The number of allylic oxidation sites excluding steroid dienone is 4. The van der Waals surface area contributed by atoms with E-state index in [0.717, 1.165) is 22.2 Å². The van der Waals surface area contributed by atoms with Crippen molar-refractivity contribution in [2.45, 2.75) is 40.2 Å². The number of rotatable bonds is 5. The van der Waals surface area contributed by atoms with Gasteiger partial charge in [0.05, 0.1) is 11.8 Å². The number of carbonyl (C=O) groups is 1. The van der Waals surface area contributed by atoms with Gasteiger partial charge in [-0.1, -0.05) is 39.2 Å². The van der Waals surface area contributed by atoms with Crippen LogP contribution >= 0.6 is 0 Å². The van der Waals surface area contributed by atoms with Crippen LogP contribution < -0.4 is 4.90 Å². The van der Waals surface area contributed by atoms with Gasteiger partial charge in [0.25, 0.3) is 0 Å². The predicted octanol–water partition coefficient (Wildman–Crippen LogP) is 5.12. The van der Waals surface area contributed by atoms with Crippen molar-refractivity contribution in [3.8, 4) is 0 Å². The number of aromatic nitrogens is 3. The number of amides is 1. The van der Waals surface area contributed by atoms with Gasteiger partial charge in [-0.05, 0) is 32.3 Å². The maximum Gasteiger partial charge on any atom is 0.415 e. The minimum Gasteiger partial charge on any atom is -0.443 e. The quantitative estimate of drug-likeness (QED) is 0.673. The first-order valence-corrected chi connectivity index (χ1v) is 9.28. The third-order valence-corrected chi connectivity index (χ3v) is 4.32. The summed E-state index contributed by atoms with van der Waals surface area (Å²) in [4.78, 5) is 23.2. The molecule has 28 heavy (non-hydrogen) atoms. The number of ether oxygens (including phenoxy) is 1. The molecule has 2 rings (SSSR count). The van der Waals surface area contributed by atoms with Gasteiger partial charge in [-0.25, -0.2) is 14.8 Å². The van der Waals surface area contributed by atoms with E-state index in [1.165, 1.54) is 4.90 Å². The average molecular weight is 383 g/mol. The first-order chi connectivity index (χ1) is 13.0. The van der Waals surface area contributed by atoms with Gasteiger partial charge in [0.15, 0.2) is 0 Å². The Bertz CT molecular complexity index is 945. The molecule has 0 aliphatic heterocycles. The number of fused-ring (bicyclic) bond motifs is 1. The zero-order chi connectivity index (χ0) is 21.2. The normalized spacial score (nSPS) is 12.7. The number of hydrogen-bond donors (Lipinski definition) is 0. The molecular formula is C22H30N4O2. The van der Waals surface area contributed by atoms with E-state index in [1.54, 1.807) is 19.5 Å². The first kappa shape index (κ1) is 21.4. The second-order valence-electron chi connectivity index (χ2n) is 8.02. The number of anilines is 1. The highest BCUT2D eigenvalue weighted by Gasteiger charge is 2.24. The number of nitrogens with zero attached hydrogens (tertiary/aromatic N) is 4. The van der Waals surface area contributed by atoms with Crippen LogP contribution in [0.25, 0.3) is 16.6 Å². The van der Waals surface area contributed by atoms with Crippen LogP contribution in [0.15, 0.2) is 43.3 Å². The lowest BCUT2D eigenvalue weighted by Gasteiger charge is -2.24. The molecule has 0 saturated heterocycles. The predicted molar refractivity (Wildman–Crippen MR) is 115 cm³/mol. The number of hydrogen-bond acceptors (Lipinski definition) is 4. The maximum absolute atomic E-state index is 12.6. The van der Waals surface area contributed by atoms with Gasteiger partial charge in [-0.2, -0.15) is 0 Å². The number of pyridine rings is 1. The minimum absolute atomic E-state index is 0.235. The summed E-state index contributed by atoms with van der Waals surface area (Å²) in [5, 5.41) is 0. The summed E-state index contributed by atoms with van der Waals surface area (Å²) in [7, 11) is 3.56. The highest BCUT2D eigenvalue weighted by Crippen LogP contribution is 2.31. The molecule has 0 radical (unpaired) electrons. The molecule has 2 heterocycles. The van der Waals surface area contributed by atoms with Gasteiger partial charge in [0.1, 0.15) is 22.6 Å². The topological polar surface area (TPSA) is 60.3 Å². The van der Waals surface area contributed by atoms with E-state index >= 15 is 0 Å². The summed E-state index contributed by atoms with van der Waals surface area (Å²) in [5.41, 5.74) is 3.56. The fourth-order valence-electron chi connectivity index (χ4n) is 2.91. The van der Waals surface area contributed by atoms with E-state index in [2.05, 4.69) is 32.0 Å². The molecule has 0 saturated carbocycles. The summed E-state index contributed by atoms with van der Waals surface area (Å²) in [6.45, 7) is 17.6. The molecule has 150 valence electrons. The summed E-state index contributed by atoms with van der Waals surface area (Å²) >= 11 is 0. The fraction of sp³-hybridized carbons (Fsp3) is 0.409. The van der Waals surface area contributed by atoms with Gasteiger partial charge >= 0.3 is 6.09 Å². The molecule has 6 nitrogen and oxygen atoms in total. The SMILES string of the molecule is C=C/C(=C(\C=C)C(C)C)c1nc(N(C)C(=O)OC(C)(C)C)cc2c1ncn2C. The second-order valence-corrected chi connectivity index (χ2v) is 8.02. The molecule has 0 aromatic carbocycles. The number of imidazole rings is 1. The number of aryl methyl sites for hydroxylation is 1. The molecule has 1 amide bonds. The smallest absolute Gasteiger partial charge is 0.415 e. The summed E-state index contributed by atoms with van der Waals surface area (Å²) in [5.74, 6) is 0.713. The standard InChI is InChI=1S/C22H30N4O2/c1-10-15(14(3)4)16(11-2)19-20-17(25(8)13-23-20)12-18(24-19)26(9)21(27)28-22(5,6)7/h10-14H,1-2H2,3-9H3/b16-15-. The van der Waals surface area contributed by atoms with Crippen molar-refractivity contribution in [2.75, 3.05) is 11.9 Å². The van der Waals surface area contributed by atoms with Crippen LogP contribution in [0.5, 0.6) is 0 Å². The molecular weight excluding hydrogens is 352 g/mol. The minimum atomic E-state index is -0.593. The Labute approximate surface area is 167 Å². The van der Waals surface area contributed by atoms with Gasteiger partial charge in [-0.3, -0.25) is 4.90 Å².